The SMILES string of the molecule is COC(=O)C1(O)C(OC)=C(Br)C(=O)N1C. The topological polar surface area (TPSA) is 76.1 Å². The standard InChI is InChI=1S/C8H10BrNO5/c1-10-6(11)4(9)5(14-2)8(10,13)7(12)15-3/h13H,1-3H3. The lowest BCUT2D eigenvalue weighted by molar-refractivity contribution is -0.181. The number of carbonyl (C=O) groups excluding carboxylic acids is 2. The number of amides is 1. The normalized spacial score (nSPS) is 25.9. The van der Waals surface area contributed by atoms with Gasteiger partial charge in [0.1, 0.15) is 4.48 Å². The summed E-state index contributed by atoms with van der Waals surface area (Å²) in [5.41, 5.74) is -2.20. The van der Waals surface area contributed by atoms with Gasteiger partial charge in [-0.25, -0.2) is 4.79 Å². The van der Waals surface area contributed by atoms with E-state index < -0.39 is 17.6 Å². The van der Waals surface area contributed by atoms with Crippen molar-refractivity contribution in [3.05, 3.63) is 10.2 Å². The molecule has 7 heteroatoms. The van der Waals surface area contributed by atoms with E-state index in [1.807, 2.05) is 0 Å². The van der Waals surface area contributed by atoms with Gasteiger partial charge in [0.25, 0.3) is 5.91 Å². The third kappa shape index (κ3) is 1.42. The minimum atomic E-state index is -2.20. The number of methoxy groups -OCH3 is 2. The molecule has 0 spiro atoms. The van der Waals surface area contributed by atoms with E-state index >= 15 is 0 Å². The lowest BCUT2D eigenvalue weighted by Gasteiger charge is -2.28. The Morgan fingerprint density at radius 1 is 1.53 bits per heavy atom. The lowest BCUT2D eigenvalue weighted by Crippen LogP contribution is -2.53. The van der Waals surface area contributed by atoms with E-state index in [9.17, 15) is 14.7 Å². The Labute approximate surface area is 94.6 Å². The maximum Gasteiger partial charge on any atom is 0.368 e. The van der Waals surface area contributed by atoms with Crippen molar-refractivity contribution in [3.63, 3.8) is 0 Å². The summed E-state index contributed by atoms with van der Waals surface area (Å²) in [6.45, 7) is 0. The second-order valence-electron chi connectivity index (χ2n) is 2.88. The van der Waals surface area contributed by atoms with Crippen molar-refractivity contribution in [1.29, 1.82) is 0 Å². The fourth-order valence-electron chi connectivity index (χ4n) is 1.30. The predicted molar refractivity (Wildman–Crippen MR) is 52.7 cm³/mol. The van der Waals surface area contributed by atoms with Crippen LogP contribution in [-0.2, 0) is 19.1 Å². The molecule has 1 amide bonds. The third-order valence-electron chi connectivity index (χ3n) is 2.17. The van der Waals surface area contributed by atoms with Gasteiger partial charge in [-0.3, -0.25) is 9.69 Å². The zero-order valence-corrected chi connectivity index (χ0v) is 9.99. The van der Waals surface area contributed by atoms with Gasteiger partial charge in [0.2, 0.25) is 0 Å². The Morgan fingerprint density at radius 2 is 2.07 bits per heavy atom. The first-order chi connectivity index (χ1) is 6.91. The van der Waals surface area contributed by atoms with Crippen LogP contribution in [0.5, 0.6) is 0 Å². The summed E-state index contributed by atoms with van der Waals surface area (Å²) < 4.78 is 9.24. The van der Waals surface area contributed by atoms with Gasteiger partial charge in [-0.15, -0.1) is 0 Å². The van der Waals surface area contributed by atoms with Crippen LogP contribution in [-0.4, -0.2) is 48.9 Å². The molecule has 84 valence electrons. The molecule has 1 aliphatic heterocycles. The number of hydrogen-bond acceptors (Lipinski definition) is 5. The summed E-state index contributed by atoms with van der Waals surface area (Å²) in [6, 6.07) is 0. The van der Waals surface area contributed by atoms with Crippen LogP contribution in [0.1, 0.15) is 0 Å². The van der Waals surface area contributed by atoms with Gasteiger partial charge in [-0.2, -0.15) is 0 Å². The monoisotopic (exact) mass is 279 g/mol. The van der Waals surface area contributed by atoms with E-state index in [-0.39, 0.29) is 10.2 Å². The smallest absolute Gasteiger partial charge is 0.368 e. The van der Waals surface area contributed by atoms with E-state index in [1.165, 1.54) is 14.2 Å². The summed E-state index contributed by atoms with van der Waals surface area (Å²) in [4.78, 5) is 23.7. The molecule has 0 fully saturated rings. The van der Waals surface area contributed by atoms with Crippen LogP contribution < -0.4 is 0 Å². The molecule has 1 atom stereocenters. The van der Waals surface area contributed by atoms with Crippen molar-refractivity contribution in [2.24, 2.45) is 0 Å². The number of ether oxygens (including phenoxy) is 2. The molecule has 0 aromatic carbocycles. The van der Waals surface area contributed by atoms with Gasteiger partial charge in [-0.05, 0) is 15.9 Å². The molecule has 6 nitrogen and oxygen atoms in total. The first kappa shape index (κ1) is 12.0. The van der Waals surface area contributed by atoms with Crippen molar-refractivity contribution in [1.82, 2.24) is 4.90 Å². The molecule has 0 aliphatic carbocycles. The Bertz CT molecular complexity index is 353. The second kappa shape index (κ2) is 3.82. The molecular formula is C8H10BrNO5. The summed E-state index contributed by atoms with van der Waals surface area (Å²) in [7, 11) is 3.63. The highest BCUT2D eigenvalue weighted by Gasteiger charge is 2.56. The number of hydrogen-bond donors (Lipinski definition) is 1. The highest BCUT2D eigenvalue weighted by Crippen LogP contribution is 2.36. The highest BCUT2D eigenvalue weighted by molar-refractivity contribution is 9.12. The van der Waals surface area contributed by atoms with E-state index in [4.69, 9.17) is 4.74 Å². The van der Waals surface area contributed by atoms with Crippen LogP contribution in [0.25, 0.3) is 0 Å². The van der Waals surface area contributed by atoms with E-state index in [1.54, 1.807) is 0 Å². The Balaban J connectivity index is 3.29. The minimum absolute atomic E-state index is 0.000370. The highest BCUT2D eigenvalue weighted by atomic mass is 79.9. The summed E-state index contributed by atoms with van der Waals surface area (Å²) in [6.07, 6.45) is 0. The van der Waals surface area contributed by atoms with Crippen molar-refractivity contribution < 1.29 is 24.2 Å². The molecular weight excluding hydrogens is 270 g/mol. The Kier molecular flexibility index (Phi) is 3.05. The van der Waals surface area contributed by atoms with E-state index in [2.05, 4.69) is 20.7 Å². The first-order valence-electron chi connectivity index (χ1n) is 3.94. The average molecular weight is 280 g/mol. The van der Waals surface area contributed by atoms with Crippen LogP contribution in [0, 0.1) is 0 Å². The van der Waals surface area contributed by atoms with Crippen LogP contribution >= 0.6 is 15.9 Å². The number of likely N-dealkylation sites (N-methyl/N-ethyl adjacent to an activating group) is 1. The fraction of sp³-hybridized carbons (Fsp3) is 0.500. The molecule has 15 heavy (non-hydrogen) atoms. The average Bonchev–Trinajstić information content (AvgIpc) is 2.40. The zero-order chi connectivity index (χ0) is 11.8. The van der Waals surface area contributed by atoms with Gasteiger partial charge in [0, 0.05) is 7.05 Å². The summed E-state index contributed by atoms with van der Waals surface area (Å²) in [5.74, 6) is -1.72. The number of aliphatic hydroxyl groups is 1. The maximum atomic E-state index is 11.5. The molecule has 0 bridgehead atoms. The molecule has 0 aromatic heterocycles. The van der Waals surface area contributed by atoms with Crippen LogP contribution in [0.4, 0.5) is 0 Å². The van der Waals surface area contributed by atoms with Crippen molar-refractivity contribution >= 4 is 27.8 Å². The molecule has 1 unspecified atom stereocenters. The molecule has 0 saturated carbocycles. The molecule has 0 radical (unpaired) electrons. The van der Waals surface area contributed by atoms with Gasteiger partial charge >= 0.3 is 11.7 Å². The molecule has 1 heterocycles. The molecule has 0 aromatic rings. The number of rotatable bonds is 2. The second-order valence-corrected chi connectivity index (χ2v) is 3.67. The molecule has 1 N–H and O–H groups in total. The third-order valence-corrected chi connectivity index (χ3v) is 2.87. The fourth-order valence-corrected chi connectivity index (χ4v) is 2.00. The van der Waals surface area contributed by atoms with Crippen LogP contribution in [0.15, 0.2) is 10.2 Å². The van der Waals surface area contributed by atoms with Crippen molar-refractivity contribution in [3.8, 4) is 0 Å². The molecule has 0 saturated heterocycles. The first-order valence-corrected chi connectivity index (χ1v) is 4.73. The van der Waals surface area contributed by atoms with Gasteiger partial charge in [0.05, 0.1) is 14.2 Å². The van der Waals surface area contributed by atoms with Crippen LogP contribution in [0.3, 0.4) is 0 Å². The van der Waals surface area contributed by atoms with Crippen molar-refractivity contribution in [2.75, 3.05) is 21.3 Å². The Morgan fingerprint density at radius 3 is 2.47 bits per heavy atom. The van der Waals surface area contributed by atoms with Gasteiger partial charge in [-0.1, -0.05) is 0 Å². The maximum absolute atomic E-state index is 11.5. The van der Waals surface area contributed by atoms with Crippen LogP contribution in [0.2, 0.25) is 0 Å². The minimum Gasteiger partial charge on any atom is -0.494 e. The van der Waals surface area contributed by atoms with E-state index in [0.29, 0.717) is 0 Å². The Hall–Kier alpha value is -1.08. The predicted octanol–water partition coefficient (Wildman–Crippen LogP) is -0.427. The molecule has 1 rings (SSSR count). The lowest BCUT2D eigenvalue weighted by atomic mass is 10.2. The number of nitrogens with zero attached hydrogens (tertiary/aromatic N) is 1. The summed E-state index contributed by atoms with van der Waals surface area (Å²) >= 11 is 2.94. The van der Waals surface area contributed by atoms with Gasteiger partial charge < -0.3 is 14.6 Å². The van der Waals surface area contributed by atoms with Crippen molar-refractivity contribution in [2.45, 2.75) is 5.72 Å². The van der Waals surface area contributed by atoms with E-state index in [0.717, 1.165) is 12.0 Å². The largest absolute Gasteiger partial charge is 0.494 e. The number of esters is 1. The quantitative estimate of drug-likeness (QED) is 0.695. The number of halogens is 1. The summed E-state index contributed by atoms with van der Waals surface area (Å²) in [5, 5.41) is 10.0. The molecule has 1 aliphatic rings. The zero-order valence-electron chi connectivity index (χ0n) is 8.41. The van der Waals surface area contributed by atoms with Gasteiger partial charge in [0.15, 0.2) is 5.76 Å². The number of carbonyl (C=O) groups is 2.